The predicted molar refractivity (Wildman–Crippen MR) is 169 cm³/mol. The number of carboxylic acid groups (broad SMARTS) is 1. The Labute approximate surface area is 259 Å². The molecule has 0 aliphatic heterocycles. The largest absolute Gasteiger partial charge is 0.480 e. The standard InChI is InChI=1S/C32H39N7O6/c1-17(2)28(32(44)45)39-31(43)26(14-19-16-36-24-10-6-4-8-21(19)24)38-30(42)25(11-12-27(34)40)37-29(41)22(33)13-18-15-35-23-9-5-3-7-20(18)23/h3-10,15-17,22,25-26,28,35-36H,11-14,33H2,1-2H3,(H2,34,40)(H,37,41)(H,38,42)(H,39,43)(H,44,45). The number of hydrogen-bond acceptors (Lipinski definition) is 6. The molecule has 4 atom stereocenters. The first-order valence-corrected chi connectivity index (χ1v) is 14.7. The number of carboxylic acids is 1. The van der Waals surface area contributed by atoms with E-state index in [-0.39, 0.29) is 25.7 Å². The molecule has 238 valence electrons. The van der Waals surface area contributed by atoms with Crippen molar-refractivity contribution in [2.75, 3.05) is 0 Å². The lowest BCUT2D eigenvalue weighted by atomic mass is 10.0. The minimum absolute atomic E-state index is 0.0165. The second-order valence-corrected chi connectivity index (χ2v) is 11.4. The first kappa shape index (κ1) is 32.7. The Balaban J connectivity index is 1.54. The highest BCUT2D eigenvalue weighted by Crippen LogP contribution is 2.20. The molecule has 0 saturated carbocycles. The number of nitrogens with one attached hydrogen (secondary N) is 5. The van der Waals surface area contributed by atoms with E-state index in [2.05, 4.69) is 25.9 Å². The molecule has 0 radical (unpaired) electrons. The van der Waals surface area contributed by atoms with Gasteiger partial charge in [-0.15, -0.1) is 0 Å². The van der Waals surface area contributed by atoms with Crippen LogP contribution < -0.4 is 27.4 Å². The van der Waals surface area contributed by atoms with Crippen molar-refractivity contribution in [2.45, 2.75) is 63.7 Å². The number of amides is 4. The second kappa shape index (κ2) is 14.5. The minimum atomic E-state index is -1.25. The smallest absolute Gasteiger partial charge is 0.326 e. The van der Waals surface area contributed by atoms with Gasteiger partial charge in [-0.25, -0.2) is 4.79 Å². The molecule has 4 rings (SSSR count). The Hall–Kier alpha value is -5.17. The minimum Gasteiger partial charge on any atom is -0.480 e. The highest BCUT2D eigenvalue weighted by Gasteiger charge is 2.32. The van der Waals surface area contributed by atoms with Crippen molar-refractivity contribution in [1.29, 1.82) is 0 Å². The molecule has 0 aliphatic rings. The number of primary amides is 1. The van der Waals surface area contributed by atoms with Crippen LogP contribution in [0, 0.1) is 5.92 Å². The maximum atomic E-state index is 13.6. The number of carbonyl (C=O) groups excluding carboxylic acids is 4. The molecule has 2 aromatic heterocycles. The monoisotopic (exact) mass is 617 g/mol. The summed E-state index contributed by atoms with van der Waals surface area (Å²) < 4.78 is 0. The van der Waals surface area contributed by atoms with Gasteiger partial charge in [-0.1, -0.05) is 50.2 Å². The van der Waals surface area contributed by atoms with Gasteiger partial charge in [-0.2, -0.15) is 0 Å². The summed E-state index contributed by atoms with van der Waals surface area (Å²) in [6.07, 6.45) is 3.32. The van der Waals surface area contributed by atoms with Crippen LogP contribution in [0.1, 0.15) is 37.8 Å². The van der Waals surface area contributed by atoms with Crippen molar-refractivity contribution in [3.8, 4) is 0 Å². The summed E-state index contributed by atoms with van der Waals surface area (Å²) in [5.41, 5.74) is 14.8. The SMILES string of the molecule is CC(C)C(NC(=O)C(Cc1c[nH]c2ccccc12)NC(=O)C(CCC(N)=O)NC(=O)C(N)Cc1c[nH]c2ccccc12)C(=O)O. The van der Waals surface area contributed by atoms with E-state index in [0.717, 1.165) is 27.4 Å². The van der Waals surface area contributed by atoms with Gasteiger partial charge in [0.15, 0.2) is 0 Å². The van der Waals surface area contributed by atoms with Crippen LogP contribution in [-0.4, -0.2) is 68.8 Å². The number of aliphatic carboxylic acids is 1. The van der Waals surface area contributed by atoms with E-state index < -0.39 is 59.7 Å². The molecule has 10 N–H and O–H groups in total. The predicted octanol–water partition coefficient (Wildman–Crippen LogP) is 1.22. The van der Waals surface area contributed by atoms with Gasteiger partial charge >= 0.3 is 5.97 Å². The number of para-hydroxylation sites is 2. The van der Waals surface area contributed by atoms with Crippen molar-refractivity contribution in [1.82, 2.24) is 25.9 Å². The molecule has 4 aromatic rings. The van der Waals surface area contributed by atoms with E-state index >= 15 is 0 Å². The van der Waals surface area contributed by atoms with Crippen molar-refractivity contribution in [3.05, 3.63) is 72.1 Å². The molecular formula is C32H39N7O6. The number of aromatic nitrogens is 2. The molecule has 0 fully saturated rings. The van der Waals surface area contributed by atoms with E-state index in [0.29, 0.717) is 5.56 Å². The number of carbonyl (C=O) groups is 5. The van der Waals surface area contributed by atoms with Crippen molar-refractivity contribution >= 4 is 51.4 Å². The number of H-pyrrole nitrogens is 2. The Kier molecular flexibility index (Phi) is 10.6. The van der Waals surface area contributed by atoms with Crippen molar-refractivity contribution in [2.24, 2.45) is 17.4 Å². The van der Waals surface area contributed by atoms with E-state index in [1.807, 2.05) is 48.5 Å². The highest BCUT2D eigenvalue weighted by atomic mass is 16.4. The van der Waals surface area contributed by atoms with Crippen LogP contribution in [0.5, 0.6) is 0 Å². The Bertz CT molecular complexity index is 1690. The lowest BCUT2D eigenvalue weighted by molar-refractivity contribution is -0.143. The lowest BCUT2D eigenvalue weighted by Crippen LogP contribution is -2.58. The molecule has 0 bridgehead atoms. The molecule has 4 amide bonds. The number of aromatic amines is 2. The lowest BCUT2D eigenvalue weighted by Gasteiger charge is -2.26. The molecular weight excluding hydrogens is 578 g/mol. The van der Waals surface area contributed by atoms with Crippen LogP contribution in [0.4, 0.5) is 0 Å². The van der Waals surface area contributed by atoms with Crippen molar-refractivity contribution in [3.63, 3.8) is 0 Å². The number of fused-ring (bicyclic) bond motifs is 2. The van der Waals surface area contributed by atoms with E-state index in [9.17, 15) is 29.1 Å². The van der Waals surface area contributed by atoms with Crippen LogP contribution in [0.25, 0.3) is 21.8 Å². The summed E-state index contributed by atoms with van der Waals surface area (Å²) in [5, 5.41) is 19.2. The summed E-state index contributed by atoms with van der Waals surface area (Å²) in [6, 6.07) is 10.3. The fourth-order valence-electron chi connectivity index (χ4n) is 5.23. The zero-order valence-corrected chi connectivity index (χ0v) is 25.1. The topological polar surface area (TPSA) is 225 Å². The molecule has 0 spiro atoms. The molecule has 2 aromatic carbocycles. The fraction of sp³-hybridized carbons (Fsp3) is 0.344. The number of hydrogen-bond donors (Lipinski definition) is 8. The van der Waals surface area contributed by atoms with Gasteiger partial charge in [-0.3, -0.25) is 19.2 Å². The van der Waals surface area contributed by atoms with Gasteiger partial charge in [-0.05, 0) is 42.0 Å². The van der Waals surface area contributed by atoms with E-state index in [4.69, 9.17) is 11.5 Å². The Morgan fingerprint density at radius 1 is 0.756 bits per heavy atom. The maximum Gasteiger partial charge on any atom is 0.326 e. The van der Waals surface area contributed by atoms with Crippen LogP contribution in [0.3, 0.4) is 0 Å². The van der Waals surface area contributed by atoms with Gasteiger partial charge in [0.05, 0.1) is 6.04 Å². The van der Waals surface area contributed by atoms with Gasteiger partial charge in [0.25, 0.3) is 0 Å². The third kappa shape index (κ3) is 8.26. The molecule has 4 unspecified atom stereocenters. The third-order valence-electron chi connectivity index (χ3n) is 7.73. The first-order valence-electron chi connectivity index (χ1n) is 14.7. The molecule has 45 heavy (non-hydrogen) atoms. The second-order valence-electron chi connectivity index (χ2n) is 11.4. The Morgan fingerprint density at radius 2 is 1.27 bits per heavy atom. The molecule has 0 aliphatic carbocycles. The van der Waals surface area contributed by atoms with E-state index in [1.165, 1.54) is 0 Å². The van der Waals surface area contributed by atoms with Crippen LogP contribution in [0.15, 0.2) is 60.9 Å². The quantitative estimate of drug-likeness (QED) is 0.0972. The molecule has 13 nitrogen and oxygen atoms in total. The summed E-state index contributed by atoms with van der Waals surface area (Å²) >= 11 is 0. The number of benzene rings is 2. The van der Waals surface area contributed by atoms with Gasteiger partial charge in [0, 0.05) is 47.0 Å². The van der Waals surface area contributed by atoms with Gasteiger partial charge in [0.1, 0.15) is 18.1 Å². The summed E-state index contributed by atoms with van der Waals surface area (Å²) in [5.74, 6) is -4.43. The van der Waals surface area contributed by atoms with Gasteiger partial charge < -0.3 is 42.5 Å². The Morgan fingerprint density at radius 3 is 1.80 bits per heavy atom. The highest BCUT2D eigenvalue weighted by molar-refractivity contribution is 5.95. The molecule has 0 saturated heterocycles. The van der Waals surface area contributed by atoms with E-state index in [1.54, 1.807) is 26.2 Å². The zero-order valence-electron chi connectivity index (χ0n) is 25.1. The summed E-state index contributed by atoms with van der Waals surface area (Å²) in [6.45, 7) is 3.31. The zero-order chi connectivity index (χ0) is 32.7. The average Bonchev–Trinajstić information content (AvgIpc) is 3.60. The number of nitrogens with two attached hydrogens (primary N) is 2. The average molecular weight is 618 g/mol. The maximum absolute atomic E-state index is 13.6. The van der Waals surface area contributed by atoms with Crippen LogP contribution in [-0.2, 0) is 36.8 Å². The number of rotatable bonds is 15. The molecule has 13 heteroatoms. The van der Waals surface area contributed by atoms with Crippen LogP contribution in [0.2, 0.25) is 0 Å². The van der Waals surface area contributed by atoms with Crippen LogP contribution >= 0.6 is 0 Å². The fourth-order valence-corrected chi connectivity index (χ4v) is 5.23. The summed E-state index contributed by atoms with van der Waals surface area (Å²) in [7, 11) is 0. The molecule has 2 heterocycles. The normalized spacial score (nSPS) is 14.0. The van der Waals surface area contributed by atoms with Crippen molar-refractivity contribution < 1.29 is 29.1 Å². The summed E-state index contributed by atoms with van der Waals surface area (Å²) in [4.78, 5) is 70.0. The third-order valence-corrected chi connectivity index (χ3v) is 7.73. The van der Waals surface area contributed by atoms with Gasteiger partial charge in [0.2, 0.25) is 23.6 Å². The first-order chi connectivity index (χ1) is 21.4.